The third kappa shape index (κ3) is 5.28. The average Bonchev–Trinajstić information content (AvgIpc) is 2.93. The Balaban J connectivity index is 1.68. The molecule has 1 aliphatic heterocycles. The van der Waals surface area contributed by atoms with Crippen LogP contribution in [0.5, 0.6) is 5.75 Å². The quantitative estimate of drug-likeness (QED) is 0.744. The molecular weight excluding hydrogens is 268 g/mol. The van der Waals surface area contributed by atoms with Crippen LogP contribution in [0.1, 0.15) is 12.0 Å². The fourth-order valence-electron chi connectivity index (χ4n) is 2.72. The van der Waals surface area contributed by atoms with Gasteiger partial charge in [0, 0.05) is 26.7 Å². The van der Waals surface area contributed by atoms with E-state index >= 15 is 0 Å². The number of hydrogen-bond acceptors (Lipinski definition) is 5. The molecule has 1 aromatic carbocycles. The number of aliphatic hydroxyl groups is 1. The van der Waals surface area contributed by atoms with Crippen molar-refractivity contribution in [1.82, 2.24) is 4.90 Å². The lowest BCUT2D eigenvalue weighted by Crippen LogP contribution is -2.34. The predicted molar refractivity (Wildman–Crippen MR) is 82.3 cm³/mol. The molecule has 5 heteroatoms. The summed E-state index contributed by atoms with van der Waals surface area (Å²) < 4.78 is 10.8. The summed E-state index contributed by atoms with van der Waals surface area (Å²) in [5.41, 5.74) is 6.62. The molecule has 1 fully saturated rings. The van der Waals surface area contributed by atoms with Gasteiger partial charge in [-0.3, -0.25) is 0 Å². The van der Waals surface area contributed by atoms with E-state index in [9.17, 15) is 5.11 Å². The summed E-state index contributed by atoms with van der Waals surface area (Å²) >= 11 is 0. The molecule has 0 saturated carbocycles. The number of ether oxygens (including phenoxy) is 2. The molecule has 118 valence electrons. The molecule has 2 atom stereocenters. The van der Waals surface area contributed by atoms with Gasteiger partial charge in [0.15, 0.2) is 0 Å². The van der Waals surface area contributed by atoms with Gasteiger partial charge in [-0.2, -0.15) is 0 Å². The lowest BCUT2D eigenvalue weighted by molar-refractivity contribution is 0.0723. The molecule has 1 aliphatic rings. The number of hydrogen-bond donors (Lipinski definition) is 2. The van der Waals surface area contributed by atoms with Gasteiger partial charge in [0.05, 0.1) is 6.61 Å². The van der Waals surface area contributed by atoms with Crippen molar-refractivity contribution in [2.24, 2.45) is 11.7 Å². The summed E-state index contributed by atoms with van der Waals surface area (Å²) in [4.78, 5) is 2.27. The van der Waals surface area contributed by atoms with Crippen LogP contribution in [0.3, 0.4) is 0 Å². The zero-order chi connectivity index (χ0) is 15.1. The van der Waals surface area contributed by atoms with Gasteiger partial charge in [-0.05, 0) is 36.6 Å². The highest BCUT2D eigenvalue weighted by Crippen LogP contribution is 2.17. The van der Waals surface area contributed by atoms with E-state index in [4.69, 9.17) is 15.2 Å². The highest BCUT2D eigenvalue weighted by atomic mass is 16.5. The van der Waals surface area contributed by atoms with E-state index in [2.05, 4.69) is 4.90 Å². The molecule has 1 saturated heterocycles. The highest BCUT2D eigenvalue weighted by Gasteiger charge is 2.24. The normalized spacial score (nSPS) is 20.6. The highest BCUT2D eigenvalue weighted by molar-refractivity contribution is 5.27. The Hall–Kier alpha value is -1.14. The molecule has 0 spiro atoms. The molecule has 3 N–H and O–H groups in total. The Bertz CT molecular complexity index is 410. The molecule has 2 rings (SSSR count). The molecule has 0 aliphatic carbocycles. The molecule has 0 radical (unpaired) electrons. The van der Waals surface area contributed by atoms with Gasteiger partial charge in [-0.25, -0.2) is 0 Å². The monoisotopic (exact) mass is 294 g/mol. The van der Waals surface area contributed by atoms with E-state index in [-0.39, 0.29) is 0 Å². The maximum atomic E-state index is 10.1. The number of methoxy groups -OCH3 is 1. The van der Waals surface area contributed by atoms with Crippen LogP contribution in [0.2, 0.25) is 0 Å². The van der Waals surface area contributed by atoms with E-state index in [0.29, 0.717) is 25.6 Å². The van der Waals surface area contributed by atoms with Crippen molar-refractivity contribution >= 4 is 0 Å². The minimum absolute atomic E-state index is 0.313. The van der Waals surface area contributed by atoms with Crippen LogP contribution in [-0.2, 0) is 11.3 Å². The van der Waals surface area contributed by atoms with E-state index < -0.39 is 6.10 Å². The topological polar surface area (TPSA) is 68.0 Å². The first-order chi connectivity index (χ1) is 10.2. The second-order valence-corrected chi connectivity index (χ2v) is 5.68. The summed E-state index contributed by atoms with van der Waals surface area (Å²) in [6, 6.07) is 7.66. The number of nitrogens with two attached hydrogens (primary N) is 1. The summed E-state index contributed by atoms with van der Waals surface area (Å²) in [5.74, 6) is 1.36. The van der Waals surface area contributed by atoms with Crippen molar-refractivity contribution in [2.75, 3.05) is 40.0 Å². The number of rotatable bonds is 8. The Morgan fingerprint density at radius 1 is 1.38 bits per heavy atom. The van der Waals surface area contributed by atoms with E-state index in [1.807, 2.05) is 24.3 Å². The zero-order valence-electron chi connectivity index (χ0n) is 12.7. The summed E-state index contributed by atoms with van der Waals surface area (Å²) in [7, 11) is 1.74. The largest absolute Gasteiger partial charge is 0.491 e. The van der Waals surface area contributed by atoms with Crippen LogP contribution in [0.25, 0.3) is 0 Å². The van der Waals surface area contributed by atoms with Crippen LogP contribution < -0.4 is 10.5 Å². The Labute approximate surface area is 126 Å². The summed E-state index contributed by atoms with van der Waals surface area (Å²) in [5, 5.41) is 10.1. The second-order valence-electron chi connectivity index (χ2n) is 5.68. The maximum Gasteiger partial charge on any atom is 0.119 e. The van der Waals surface area contributed by atoms with E-state index in [1.54, 1.807) is 7.11 Å². The van der Waals surface area contributed by atoms with E-state index in [0.717, 1.165) is 37.4 Å². The standard InChI is InChI=1S/C16H26N2O3/c1-20-11-14-6-7-18(9-14)10-15(19)12-21-16-4-2-13(8-17)3-5-16/h2-5,14-15,19H,6-12,17H2,1H3. The van der Waals surface area contributed by atoms with Gasteiger partial charge < -0.3 is 25.2 Å². The lowest BCUT2D eigenvalue weighted by Gasteiger charge is -2.20. The fourth-order valence-corrected chi connectivity index (χ4v) is 2.72. The van der Waals surface area contributed by atoms with Crippen molar-refractivity contribution in [1.29, 1.82) is 0 Å². The third-order valence-electron chi connectivity index (χ3n) is 3.84. The minimum atomic E-state index is -0.472. The average molecular weight is 294 g/mol. The maximum absolute atomic E-state index is 10.1. The zero-order valence-corrected chi connectivity index (χ0v) is 12.7. The molecule has 0 amide bonds. The molecule has 1 aromatic rings. The number of likely N-dealkylation sites (tertiary alicyclic amines) is 1. The smallest absolute Gasteiger partial charge is 0.119 e. The second kappa shape index (κ2) is 8.34. The Morgan fingerprint density at radius 2 is 2.14 bits per heavy atom. The number of aliphatic hydroxyl groups excluding tert-OH is 1. The fraction of sp³-hybridized carbons (Fsp3) is 0.625. The molecule has 1 heterocycles. The molecule has 0 bridgehead atoms. The first kappa shape index (κ1) is 16.2. The van der Waals surface area contributed by atoms with Gasteiger partial charge in [-0.1, -0.05) is 12.1 Å². The Morgan fingerprint density at radius 3 is 2.81 bits per heavy atom. The first-order valence-corrected chi connectivity index (χ1v) is 7.52. The van der Waals surface area contributed by atoms with Crippen molar-refractivity contribution in [3.63, 3.8) is 0 Å². The van der Waals surface area contributed by atoms with Crippen molar-refractivity contribution < 1.29 is 14.6 Å². The third-order valence-corrected chi connectivity index (χ3v) is 3.84. The van der Waals surface area contributed by atoms with Gasteiger partial charge in [0.2, 0.25) is 0 Å². The predicted octanol–water partition coefficient (Wildman–Crippen LogP) is 0.853. The number of benzene rings is 1. The number of β-amino-alcohol motifs (C(OH)–C–C–N with tert-alkyl or cyclic N) is 1. The Kier molecular flexibility index (Phi) is 6.45. The molecule has 21 heavy (non-hydrogen) atoms. The van der Waals surface area contributed by atoms with Crippen LogP contribution in [0, 0.1) is 5.92 Å². The molecular formula is C16H26N2O3. The van der Waals surface area contributed by atoms with Crippen LogP contribution in [0.15, 0.2) is 24.3 Å². The first-order valence-electron chi connectivity index (χ1n) is 7.52. The SMILES string of the molecule is COCC1CCN(CC(O)COc2ccc(CN)cc2)C1. The van der Waals surface area contributed by atoms with Gasteiger partial charge in [0.1, 0.15) is 18.5 Å². The van der Waals surface area contributed by atoms with Gasteiger partial charge in [-0.15, -0.1) is 0 Å². The molecule has 2 unspecified atom stereocenters. The summed E-state index contributed by atoms with van der Waals surface area (Å²) in [6.45, 7) is 4.32. The van der Waals surface area contributed by atoms with E-state index in [1.165, 1.54) is 0 Å². The van der Waals surface area contributed by atoms with Gasteiger partial charge >= 0.3 is 0 Å². The van der Waals surface area contributed by atoms with Crippen molar-refractivity contribution in [3.8, 4) is 5.75 Å². The van der Waals surface area contributed by atoms with Gasteiger partial charge in [0.25, 0.3) is 0 Å². The lowest BCUT2D eigenvalue weighted by atomic mass is 10.1. The minimum Gasteiger partial charge on any atom is -0.491 e. The molecule has 0 aromatic heterocycles. The van der Waals surface area contributed by atoms with Crippen molar-refractivity contribution in [3.05, 3.63) is 29.8 Å². The van der Waals surface area contributed by atoms with Crippen molar-refractivity contribution in [2.45, 2.75) is 19.1 Å². The number of nitrogens with zero attached hydrogens (tertiary/aromatic N) is 1. The van der Waals surface area contributed by atoms with Crippen LogP contribution >= 0.6 is 0 Å². The molecule has 5 nitrogen and oxygen atoms in total. The van der Waals surface area contributed by atoms with Crippen LogP contribution in [0.4, 0.5) is 0 Å². The summed E-state index contributed by atoms with van der Waals surface area (Å²) in [6.07, 6.45) is 0.669. The van der Waals surface area contributed by atoms with Crippen LogP contribution in [-0.4, -0.2) is 56.1 Å².